The summed E-state index contributed by atoms with van der Waals surface area (Å²) in [5.74, 6) is -2.29. The molecule has 3 N–H and O–H groups in total. The van der Waals surface area contributed by atoms with E-state index >= 15 is 0 Å². The van der Waals surface area contributed by atoms with Crippen LogP contribution in [-0.2, 0) is 11.8 Å². The molecule has 1 amide bonds. The summed E-state index contributed by atoms with van der Waals surface area (Å²) in [5.41, 5.74) is 2.63. The fourth-order valence-electron chi connectivity index (χ4n) is 3.97. The fourth-order valence-corrected chi connectivity index (χ4v) is 3.97. The highest BCUT2D eigenvalue weighted by molar-refractivity contribution is 6.02. The number of likely N-dealkylation sites (N-methyl/N-ethyl adjacent to an activating group) is 2. The minimum absolute atomic E-state index is 0.166. The summed E-state index contributed by atoms with van der Waals surface area (Å²) >= 11 is 0. The maximum absolute atomic E-state index is 14.1. The van der Waals surface area contributed by atoms with Gasteiger partial charge in [-0.1, -0.05) is 6.58 Å². The molecule has 0 fully saturated rings. The number of amides is 1. The normalized spacial score (nSPS) is 10.8. The van der Waals surface area contributed by atoms with E-state index in [1.807, 2.05) is 32.0 Å². The largest absolute Gasteiger partial charge is 0.448 e. The van der Waals surface area contributed by atoms with Crippen molar-refractivity contribution in [3.63, 3.8) is 0 Å². The van der Waals surface area contributed by atoms with Gasteiger partial charge >= 0.3 is 0 Å². The molecular weight excluding hydrogens is 520 g/mol. The molecule has 0 aliphatic rings. The Morgan fingerprint density at radius 1 is 1.18 bits per heavy atom. The van der Waals surface area contributed by atoms with Gasteiger partial charge in [0.25, 0.3) is 5.56 Å². The Kier molecular flexibility index (Phi) is 8.39. The topological polar surface area (TPSA) is 113 Å². The molecule has 0 radical (unpaired) electrons. The number of benzene rings is 2. The fraction of sp³-hybridized carbons (Fsp3) is 0.214. The highest BCUT2D eigenvalue weighted by atomic mass is 19.1. The van der Waals surface area contributed by atoms with Crippen LogP contribution in [0.1, 0.15) is 5.56 Å². The number of hydrogen-bond donors (Lipinski definition) is 3. The Balaban J connectivity index is 1.68. The van der Waals surface area contributed by atoms with E-state index in [2.05, 4.69) is 32.5 Å². The number of nitrogens with one attached hydrogen (secondary N) is 3. The van der Waals surface area contributed by atoms with E-state index in [-0.39, 0.29) is 23.4 Å². The summed E-state index contributed by atoms with van der Waals surface area (Å²) in [6.45, 7) is 6.90. The summed E-state index contributed by atoms with van der Waals surface area (Å²) in [5, 5.41) is 9.57. The third-order valence-electron chi connectivity index (χ3n) is 6.17. The zero-order valence-electron chi connectivity index (χ0n) is 22.5. The van der Waals surface area contributed by atoms with Crippen LogP contribution in [0.25, 0.3) is 11.0 Å². The van der Waals surface area contributed by atoms with Crippen molar-refractivity contribution in [1.29, 1.82) is 0 Å². The molecule has 4 aromatic rings. The number of ether oxygens (including phenoxy) is 1. The molecule has 208 valence electrons. The van der Waals surface area contributed by atoms with Gasteiger partial charge in [-0.05, 0) is 55.9 Å². The predicted molar refractivity (Wildman–Crippen MR) is 152 cm³/mol. The Labute approximate surface area is 229 Å². The Morgan fingerprint density at radius 2 is 1.95 bits per heavy atom. The van der Waals surface area contributed by atoms with Crippen molar-refractivity contribution in [1.82, 2.24) is 19.9 Å². The van der Waals surface area contributed by atoms with Crippen LogP contribution >= 0.6 is 0 Å². The van der Waals surface area contributed by atoms with Crippen LogP contribution < -0.4 is 31.1 Å². The van der Waals surface area contributed by atoms with Crippen LogP contribution in [-0.4, -0.2) is 47.6 Å². The van der Waals surface area contributed by atoms with Gasteiger partial charge < -0.3 is 25.6 Å². The first-order valence-electron chi connectivity index (χ1n) is 12.3. The quantitative estimate of drug-likeness (QED) is 0.252. The number of fused-ring (bicyclic) bond motifs is 1. The van der Waals surface area contributed by atoms with Crippen molar-refractivity contribution in [2.45, 2.75) is 6.92 Å². The van der Waals surface area contributed by atoms with Gasteiger partial charge in [-0.25, -0.2) is 13.8 Å². The average Bonchev–Trinajstić information content (AvgIpc) is 2.93. The van der Waals surface area contributed by atoms with Crippen molar-refractivity contribution >= 4 is 40.0 Å². The second-order valence-corrected chi connectivity index (χ2v) is 9.05. The third-order valence-corrected chi connectivity index (χ3v) is 6.17. The number of pyridine rings is 1. The highest BCUT2D eigenvalue weighted by Crippen LogP contribution is 2.33. The van der Waals surface area contributed by atoms with Crippen LogP contribution in [0.2, 0.25) is 0 Å². The van der Waals surface area contributed by atoms with Crippen molar-refractivity contribution in [3.8, 4) is 11.5 Å². The monoisotopic (exact) mass is 549 g/mol. The van der Waals surface area contributed by atoms with Crippen LogP contribution in [0.4, 0.5) is 31.8 Å². The predicted octanol–water partition coefficient (Wildman–Crippen LogP) is 4.23. The number of aryl methyl sites for hydroxylation is 2. The molecule has 0 atom stereocenters. The number of carbonyl (C=O) groups excluding carboxylic acids is 1. The number of carbonyl (C=O) groups is 1. The molecule has 0 unspecified atom stereocenters. The Hall–Kier alpha value is -4.84. The molecule has 0 saturated carbocycles. The molecule has 12 heteroatoms. The molecule has 2 aromatic carbocycles. The maximum Gasteiger partial charge on any atom is 0.294 e. The molecule has 4 rings (SSSR count). The van der Waals surface area contributed by atoms with Gasteiger partial charge in [0.15, 0.2) is 17.3 Å². The van der Waals surface area contributed by atoms with Gasteiger partial charge in [-0.2, -0.15) is 4.98 Å². The molecule has 0 bridgehead atoms. The summed E-state index contributed by atoms with van der Waals surface area (Å²) < 4.78 is 34.0. The second-order valence-electron chi connectivity index (χ2n) is 9.05. The number of rotatable bonds is 10. The lowest BCUT2D eigenvalue weighted by molar-refractivity contribution is -0.111. The summed E-state index contributed by atoms with van der Waals surface area (Å²) in [4.78, 5) is 35.9. The van der Waals surface area contributed by atoms with Crippen molar-refractivity contribution in [3.05, 3.63) is 82.8 Å². The van der Waals surface area contributed by atoms with E-state index in [0.29, 0.717) is 35.0 Å². The van der Waals surface area contributed by atoms with Crippen LogP contribution in [0.3, 0.4) is 0 Å². The van der Waals surface area contributed by atoms with Gasteiger partial charge in [0.2, 0.25) is 11.9 Å². The molecule has 10 nitrogen and oxygen atoms in total. The summed E-state index contributed by atoms with van der Waals surface area (Å²) in [7, 11) is 5.29. The van der Waals surface area contributed by atoms with Gasteiger partial charge in [-0.15, -0.1) is 0 Å². The average molecular weight is 550 g/mol. The van der Waals surface area contributed by atoms with Crippen molar-refractivity contribution in [2.24, 2.45) is 7.05 Å². The van der Waals surface area contributed by atoms with E-state index in [0.717, 1.165) is 29.9 Å². The van der Waals surface area contributed by atoms with E-state index in [9.17, 15) is 18.4 Å². The number of halogens is 2. The van der Waals surface area contributed by atoms with Crippen LogP contribution in [0, 0.1) is 18.6 Å². The maximum atomic E-state index is 14.1. The van der Waals surface area contributed by atoms with E-state index < -0.39 is 17.2 Å². The number of anilines is 4. The lowest BCUT2D eigenvalue weighted by Gasteiger charge is -2.24. The Bertz CT molecular complexity index is 1660. The van der Waals surface area contributed by atoms with E-state index in [1.54, 1.807) is 6.07 Å². The summed E-state index contributed by atoms with van der Waals surface area (Å²) in [6, 6.07) is 7.93. The molecule has 2 aromatic heterocycles. The zero-order chi connectivity index (χ0) is 29.0. The van der Waals surface area contributed by atoms with Gasteiger partial charge in [0.1, 0.15) is 11.5 Å². The van der Waals surface area contributed by atoms with E-state index in [4.69, 9.17) is 4.74 Å². The molecule has 0 saturated heterocycles. The molecule has 0 spiro atoms. The van der Waals surface area contributed by atoms with Crippen molar-refractivity contribution < 1.29 is 18.3 Å². The van der Waals surface area contributed by atoms with Crippen molar-refractivity contribution in [2.75, 3.05) is 42.7 Å². The van der Waals surface area contributed by atoms with Crippen LogP contribution in [0.15, 0.2) is 60.0 Å². The standard InChI is InChI=1S/C28H29F2N7O3/c1-6-25(38)33-21-14-20(16(2)11-22(21)36(4)10-9-31-3)34-28-32-15-17-12-24(27(39)37(5)26(17)35-28)40-23-8-7-18(29)13-19(23)30/h6-8,11-15,31H,1,9-10H2,2-5H3,(H,33,38)(H,32,34,35). The first kappa shape index (κ1) is 28.2. The molecule has 2 heterocycles. The number of hydrogen-bond acceptors (Lipinski definition) is 8. The first-order chi connectivity index (χ1) is 19.1. The third kappa shape index (κ3) is 6.07. The van der Waals surface area contributed by atoms with Crippen LogP contribution in [0.5, 0.6) is 11.5 Å². The minimum atomic E-state index is -0.934. The SMILES string of the molecule is C=CC(=O)Nc1cc(Nc2ncc3cc(Oc4ccc(F)cc4F)c(=O)n(C)c3n2)c(C)cc1N(C)CCNC. The molecule has 0 aliphatic carbocycles. The lowest BCUT2D eigenvalue weighted by Crippen LogP contribution is -2.28. The lowest BCUT2D eigenvalue weighted by atomic mass is 10.1. The highest BCUT2D eigenvalue weighted by Gasteiger charge is 2.16. The minimum Gasteiger partial charge on any atom is -0.448 e. The molecule has 0 aliphatic heterocycles. The number of aromatic nitrogens is 3. The zero-order valence-corrected chi connectivity index (χ0v) is 22.5. The number of nitrogens with zero attached hydrogens (tertiary/aromatic N) is 4. The van der Waals surface area contributed by atoms with Gasteiger partial charge in [0.05, 0.1) is 11.4 Å². The smallest absolute Gasteiger partial charge is 0.294 e. The Morgan fingerprint density at radius 3 is 2.65 bits per heavy atom. The summed E-state index contributed by atoms with van der Waals surface area (Å²) in [6.07, 6.45) is 2.69. The molecular formula is C28H29F2N7O3. The van der Waals surface area contributed by atoms with Gasteiger partial charge in [0, 0.05) is 50.5 Å². The van der Waals surface area contributed by atoms with Gasteiger partial charge in [-0.3, -0.25) is 14.2 Å². The first-order valence-corrected chi connectivity index (χ1v) is 12.3. The second kappa shape index (κ2) is 11.9. The van der Waals surface area contributed by atoms with E-state index in [1.165, 1.54) is 30.0 Å². The molecule has 40 heavy (non-hydrogen) atoms.